The van der Waals surface area contributed by atoms with Gasteiger partial charge in [0.2, 0.25) is 6.10 Å². The first-order valence-electron chi connectivity index (χ1n) is 7.07. The van der Waals surface area contributed by atoms with Crippen LogP contribution in [0.1, 0.15) is 12.8 Å². The van der Waals surface area contributed by atoms with Crippen molar-refractivity contribution in [2.75, 3.05) is 12.9 Å². The van der Waals surface area contributed by atoms with E-state index in [0.29, 0.717) is 5.75 Å². The van der Waals surface area contributed by atoms with Crippen molar-refractivity contribution >= 4 is 44.6 Å². The van der Waals surface area contributed by atoms with Crippen LogP contribution in [0.3, 0.4) is 0 Å². The van der Waals surface area contributed by atoms with Crippen molar-refractivity contribution in [3.63, 3.8) is 0 Å². The standard InChI is InChI=1S/C14H14F3IO8S/c1-24-10-6-8(2-3-9(10)18)25-12(19)4-5-13(20)26-11(14(15,16)17)7-27(21,22)23/h2-3,6,11H,4-5,7H2,1H3,(H,21,22,23). The van der Waals surface area contributed by atoms with Gasteiger partial charge in [0, 0.05) is 6.07 Å². The summed E-state index contributed by atoms with van der Waals surface area (Å²) in [5, 5.41) is 0. The minimum absolute atomic E-state index is 0.102. The van der Waals surface area contributed by atoms with Crippen LogP contribution in [0.25, 0.3) is 0 Å². The Morgan fingerprint density at radius 3 is 2.33 bits per heavy atom. The molecule has 0 saturated heterocycles. The van der Waals surface area contributed by atoms with E-state index < -0.39 is 52.9 Å². The zero-order chi connectivity index (χ0) is 20.8. The first kappa shape index (κ1) is 23.4. The maximum Gasteiger partial charge on any atom is 0.426 e. The number of carbonyl (C=O) groups is 2. The van der Waals surface area contributed by atoms with Gasteiger partial charge in [0.05, 0.1) is 23.5 Å². The first-order valence-corrected chi connectivity index (χ1v) is 9.76. The number of esters is 2. The van der Waals surface area contributed by atoms with E-state index in [2.05, 4.69) is 4.74 Å². The second kappa shape index (κ2) is 9.54. The summed E-state index contributed by atoms with van der Waals surface area (Å²) < 4.78 is 82.3. The highest BCUT2D eigenvalue weighted by Crippen LogP contribution is 2.27. The third-order valence-electron chi connectivity index (χ3n) is 2.89. The summed E-state index contributed by atoms with van der Waals surface area (Å²) in [6.07, 6.45) is -9.64. The highest BCUT2D eigenvalue weighted by Gasteiger charge is 2.45. The van der Waals surface area contributed by atoms with E-state index in [4.69, 9.17) is 14.0 Å². The van der Waals surface area contributed by atoms with Gasteiger partial charge in [0.25, 0.3) is 10.1 Å². The fourth-order valence-corrected chi connectivity index (χ4v) is 2.89. The van der Waals surface area contributed by atoms with Gasteiger partial charge in [0.1, 0.15) is 17.3 Å². The number of carbonyl (C=O) groups excluding carboxylic acids is 2. The Balaban J connectivity index is 2.61. The van der Waals surface area contributed by atoms with Gasteiger partial charge in [-0.05, 0) is 34.7 Å². The van der Waals surface area contributed by atoms with Crippen LogP contribution in [-0.2, 0) is 24.4 Å². The Morgan fingerprint density at radius 2 is 1.81 bits per heavy atom. The van der Waals surface area contributed by atoms with Crippen molar-refractivity contribution in [1.29, 1.82) is 0 Å². The fourth-order valence-electron chi connectivity index (χ4n) is 1.69. The maximum atomic E-state index is 12.6. The Bertz CT molecular complexity index is 794. The molecule has 8 nitrogen and oxygen atoms in total. The molecule has 1 rings (SSSR count). The molecule has 0 bridgehead atoms. The van der Waals surface area contributed by atoms with E-state index in [1.165, 1.54) is 19.2 Å². The molecule has 1 atom stereocenters. The molecule has 0 radical (unpaired) electrons. The predicted molar refractivity (Wildman–Crippen MR) is 92.9 cm³/mol. The minimum Gasteiger partial charge on any atom is -0.496 e. The third-order valence-corrected chi connectivity index (χ3v) is 4.50. The molecule has 1 unspecified atom stereocenters. The van der Waals surface area contributed by atoms with Crippen LogP contribution in [0, 0.1) is 3.57 Å². The molecule has 27 heavy (non-hydrogen) atoms. The SMILES string of the molecule is COc1cc(OC(=O)CCC(=O)OC(CS(=O)(=O)O)C(F)(F)F)ccc1I. The van der Waals surface area contributed by atoms with E-state index in [1.807, 2.05) is 22.6 Å². The molecule has 1 N–H and O–H groups in total. The molecule has 0 heterocycles. The monoisotopic (exact) mass is 526 g/mol. The summed E-state index contributed by atoms with van der Waals surface area (Å²) in [5.41, 5.74) is 0. The first-order chi connectivity index (χ1) is 12.3. The third kappa shape index (κ3) is 8.75. The topological polar surface area (TPSA) is 116 Å². The zero-order valence-electron chi connectivity index (χ0n) is 13.7. The van der Waals surface area contributed by atoms with E-state index in [-0.39, 0.29) is 5.75 Å². The maximum absolute atomic E-state index is 12.6. The van der Waals surface area contributed by atoms with Gasteiger partial charge in [-0.1, -0.05) is 0 Å². The van der Waals surface area contributed by atoms with Crippen LogP contribution in [0.5, 0.6) is 11.5 Å². The van der Waals surface area contributed by atoms with E-state index in [1.54, 1.807) is 6.07 Å². The van der Waals surface area contributed by atoms with Crippen molar-refractivity contribution in [3.8, 4) is 11.5 Å². The average Bonchev–Trinajstić information content (AvgIpc) is 2.52. The van der Waals surface area contributed by atoms with Gasteiger partial charge in [-0.15, -0.1) is 0 Å². The van der Waals surface area contributed by atoms with Crippen molar-refractivity contribution < 1.29 is 49.9 Å². The summed E-state index contributed by atoms with van der Waals surface area (Å²) in [7, 11) is -3.63. The lowest BCUT2D eigenvalue weighted by Gasteiger charge is -2.19. The molecule has 1 aromatic rings. The number of benzene rings is 1. The van der Waals surface area contributed by atoms with Crippen LogP contribution in [0.2, 0.25) is 0 Å². The van der Waals surface area contributed by atoms with E-state index >= 15 is 0 Å². The van der Waals surface area contributed by atoms with Crippen molar-refractivity contribution in [2.45, 2.75) is 25.1 Å². The highest BCUT2D eigenvalue weighted by atomic mass is 127. The van der Waals surface area contributed by atoms with Crippen LogP contribution in [-0.4, -0.2) is 50.1 Å². The molecule has 1 aromatic carbocycles. The number of methoxy groups -OCH3 is 1. The second-order valence-electron chi connectivity index (χ2n) is 5.04. The molecule has 0 aliphatic rings. The van der Waals surface area contributed by atoms with Gasteiger partial charge in [-0.2, -0.15) is 21.6 Å². The smallest absolute Gasteiger partial charge is 0.426 e. The molecule has 0 aliphatic heterocycles. The highest BCUT2D eigenvalue weighted by molar-refractivity contribution is 14.1. The van der Waals surface area contributed by atoms with Gasteiger partial charge < -0.3 is 14.2 Å². The summed E-state index contributed by atoms with van der Waals surface area (Å²) in [6, 6.07) is 4.45. The Hall–Kier alpha value is -1.61. The van der Waals surface area contributed by atoms with Crippen LogP contribution in [0.15, 0.2) is 18.2 Å². The largest absolute Gasteiger partial charge is 0.496 e. The number of alkyl halides is 3. The molecule has 0 aliphatic carbocycles. The van der Waals surface area contributed by atoms with Gasteiger partial charge in [-0.25, -0.2) is 0 Å². The van der Waals surface area contributed by atoms with Gasteiger partial charge in [-0.3, -0.25) is 14.1 Å². The summed E-state index contributed by atoms with van der Waals surface area (Å²) in [6.45, 7) is 0. The van der Waals surface area contributed by atoms with Crippen molar-refractivity contribution in [3.05, 3.63) is 21.8 Å². The molecular formula is C14H14F3IO8S. The average molecular weight is 526 g/mol. The quantitative estimate of drug-likeness (QED) is 0.238. The lowest BCUT2D eigenvalue weighted by molar-refractivity contribution is -0.215. The van der Waals surface area contributed by atoms with Crippen molar-refractivity contribution in [1.82, 2.24) is 0 Å². The molecule has 0 amide bonds. The molecule has 13 heteroatoms. The number of halogens is 4. The van der Waals surface area contributed by atoms with Gasteiger partial charge in [0.15, 0.2) is 0 Å². The molecule has 0 fully saturated rings. The van der Waals surface area contributed by atoms with Crippen LogP contribution >= 0.6 is 22.6 Å². The minimum atomic E-state index is -5.20. The molecule has 0 spiro atoms. The lowest BCUT2D eigenvalue weighted by Crippen LogP contribution is -2.39. The molecule has 0 saturated carbocycles. The summed E-state index contributed by atoms with van der Waals surface area (Å²) in [4.78, 5) is 23.1. The zero-order valence-corrected chi connectivity index (χ0v) is 16.6. The van der Waals surface area contributed by atoms with E-state index in [9.17, 15) is 31.2 Å². The number of hydrogen-bond acceptors (Lipinski definition) is 7. The summed E-state index contributed by atoms with van der Waals surface area (Å²) >= 11 is 1.98. The van der Waals surface area contributed by atoms with Crippen LogP contribution < -0.4 is 9.47 Å². The molecular weight excluding hydrogens is 512 g/mol. The lowest BCUT2D eigenvalue weighted by atomic mass is 10.3. The second-order valence-corrected chi connectivity index (χ2v) is 7.70. The van der Waals surface area contributed by atoms with E-state index in [0.717, 1.165) is 3.57 Å². The fraction of sp³-hybridized carbons (Fsp3) is 0.429. The molecule has 152 valence electrons. The van der Waals surface area contributed by atoms with Crippen molar-refractivity contribution in [2.24, 2.45) is 0 Å². The predicted octanol–water partition coefficient (Wildman–Crippen LogP) is 2.35. The Labute approximate surface area is 165 Å². The Morgan fingerprint density at radius 1 is 1.22 bits per heavy atom. The Kier molecular flexibility index (Phi) is 8.28. The normalized spacial score (nSPS) is 13.0. The number of rotatable bonds is 8. The number of ether oxygens (including phenoxy) is 3. The summed E-state index contributed by atoms with van der Waals surface area (Å²) in [5.74, 6) is -3.70. The van der Waals surface area contributed by atoms with Gasteiger partial charge >= 0.3 is 18.1 Å². The van der Waals surface area contributed by atoms with Crippen LogP contribution in [0.4, 0.5) is 13.2 Å². The number of hydrogen-bond donors (Lipinski definition) is 1. The molecule has 0 aromatic heterocycles.